The molecule has 0 amide bonds. The number of rotatable bonds is 2. The number of fused-ring (bicyclic) bond motifs is 1. The third-order valence-corrected chi connectivity index (χ3v) is 3.90. The zero-order chi connectivity index (χ0) is 11.0. The van der Waals surface area contributed by atoms with Crippen LogP contribution in [0.1, 0.15) is 32.1 Å². The molecule has 4 heteroatoms. The first-order valence-electron chi connectivity index (χ1n) is 6.10. The fourth-order valence-electron chi connectivity index (χ4n) is 3.18. The monoisotopic (exact) mass is 223 g/mol. The first-order valence-corrected chi connectivity index (χ1v) is 6.10. The summed E-state index contributed by atoms with van der Waals surface area (Å²) in [7, 11) is 0. The highest BCUT2D eigenvalue weighted by atomic mass is 16.6. The van der Waals surface area contributed by atoms with Crippen LogP contribution in [0.4, 0.5) is 0 Å². The van der Waals surface area contributed by atoms with E-state index in [1.54, 1.807) is 0 Å². The predicted molar refractivity (Wildman–Crippen MR) is 55.8 cm³/mol. The number of nitriles is 1. The van der Waals surface area contributed by atoms with Crippen LogP contribution < -0.4 is 0 Å². The zero-order valence-electron chi connectivity index (χ0n) is 9.35. The second-order valence-electron chi connectivity index (χ2n) is 5.04. The Bertz CT molecular complexity index is 314. The Morgan fingerprint density at radius 2 is 2.31 bits per heavy atom. The van der Waals surface area contributed by atoms with Gasteiger partial charge in [-0.3, -0.25) is 0 Å². The van der Waals surface area contributed by atoms with Crippen molar-refractivity contribution < 1.29 is 14.2 Å². The summed E-state index contributed by atoms with van der Waals surface area (Å²) in [5, 5.41) is 8.60. The van der Waals surface area contributed by atoms with Crippen LogP contribution in [0.2, 0.25) is 0 Å². The van der Waals surface area contributed by atoms with E-state index in [2.05, 4.69) is 6.07 Å². The van der Waals surface area contributed by atoms with Crippen molar-refractivity contribution in [2.24, 2.45) is 0 Å². The highest BCUT2D eigenvalue weighted by Gasteiger charge is 2.55. The van der Waals surface area contributed by atoms with Gasteiger partial charge in [-0.2, -0.15) is 5.26 Å². The molecule has 16 heavy (non-hydrogen) atoms. The van der Waals surface area contributed by atoms with Crippen LogP contribution in [-0.4, -0.2) is 37.1 Å². The Morgan fingerprint density at radius 3 is 3.19 bits per heavy atom. The van der Waals surface area contributed by atoms with Gasteiger partial charge in [0, 0.05) is 12.8 Å². The predicted octanol–water partition coefficient (Wildman–Crippen LogP) is 1.40. The molecular formula is C12H17NO3. The smallest absolute Gasteiger partial charge is 0.120 e. The van der Waals surface area contributed by atoms with Crippen LogP contribution >= 0.6 is 0 Å². The molecule has 2 unspecified atom stereocenters. The lowest BCUT2D eigenvalue weighted by Crippen LogP contribution is -2.52. The summed E-state index contributed by atoms with van der Waals surface area (Å²) in [5.41, 5.74) is -0.193. The SMILES string of the molecule is N#CCC[C@H]1CCC2OC3COC[C@@]2(C3)O1. The Kier molecular flexibility index (Phi) is 2.62. The van der Waals surface area contributed by atoms with Gasteiger partial charge in [0.2, 0.25) is 0 Å². The molecule has 0 radical (unpaired) electrons. The molecule has 0 aromatic carbocycles. The van der Waals surface area contributed by atoms with Gasteiger partial charge in [-0.05, 0) is 19.3 Å². The Labute approximate surface area is 95.5 Å². The highest BCUT2D eigenvalue weighted by Crippen LogP contribution is 2.44. The van der Waals surface area contributed by atoms with Gasteiger partial charge in [0.15, 0.2) is 0 Å². The van der Waals surface area contributed by atoms with Crippen molar-refractivity contribution in [2.75, 3.05) is 13.2 Å². The minimum absolute atomic E-state index is 0.193. The van der Waals surface area contributed by atoms with Crippen LogP contribution in [0.3, 0.4) is 0 Å². The van der Waals surface area contributed by atoms with E-state index in [9.17, 15) is 0 Å². The van der Waals surface area contributed by atoms with Crippen molar-refractivity contribution in [1.82, 2.24) is 0 Å². The summed E-state index contributed by atoms with van der Waals surface area (Å²) in [6.45, 7) is 1.38. The van der Waals surface area contributed by atoms with Gasteiger partial charge in [-0.25, -0.2) is 0 Å². The standard InChI is InChI=1S/C12H17NO3/c13-5-1-2-9-3-4-11-12(16-9)6-10(15-11)7-14-8-12/h9-11H,1-4,6-8H2/t9-,10?,11?,12+/m0/s1. The summed E-state index contributed by atoms with van der Waals surface area (Å²) in [5.74, 6) is 0. The van der Waals surface area contributed by atoms with Crippen molar-refractivity contribution in [2.45, 2.75) is 56.0 Å². The van der Waals surface area contributed by atoms with Gasteiger partial charge >= 0.3 is 0 Å². The Morgan fingerprint density at radius 1 is 1.38 bits per heavy atom. The molecule has 2 bridgehead atoms. The van der Waals surface area contributed by atoms with Crippen LogP contribution in [0, 0.1) is 11.3 Å². The average molecular weight is 223 g/mol. The van der Waals surface area contributed by atoms with Gasteiger partial charge in [-0.15, -0.1) is 0 Å². The van der Waals surface area contributed by atoms with Crippen molar-refractivity contribution in [3.8, 4) is 6.07 Å². The summed E-state index contributed by atoms with van der Waals surface area (Å²) < 4.78 is 17.6. The summed E-state index contributed by atoms with van der Waals surface area (Å²) in [4.78, 5) is 0. The van der Waals surface area contributed by atoms with Gasteiger partial charge in [0.25, 0.3) is 0 Å². The van der Waals surface area contributed by atoms with E-state index >= 15 is 0 Å². The largest absolute Gasteiger partial charge is 0.376 e. The minimum Gasteiger partial charge on any atom is -0.376 e. The van der Waals surface area contributed by atoms with Crippen molar-refractivity contribution >= 4 is 0 Å². The number of nitrogens with zero attached hydrogens (tertiary/aromatic N) is 1. The van der Waals surface area contributed by atoms with Crippen molar-refractivity contribution in [3.63, 3.8) is 0 Å². The molecule has 0 N–H and O–H groups in total. The lowest BCUT2D eigenvalue weighted by Gasteiger charge is -2.42. The molecule has 3 aliphatic rings. The second-order valence-corrected chi connectivity index (χ2v) is 5.04. The van der Waals surface area contributed by atoms with Gasteiger partial charge in [0.1, 0.15) is 5.60 Å². The number of hydrogen-bond acceptors (Lipinski definition) is 4. The second kappa shape index (κ2) is 3.99. The molecule has 3 aliphatic heterocycles. The minimum atomic E-state index is -0.193. The van der Waals surface area contributed by atoms with E-state index in [1.165, 1.54) is 0 Å². The summed E-state index contributed by atoms with van der Waals surface area (Å²) >= 11 is 0. The molecule has 4 atom stereocenters. The molecule has 3 rings (SSSR count). The zero-order valence-corrected chi connectivity index (χ0v) is 9.35. The highest BCUT2D eigenvalue weighted by molar-refractivity contribution is 5.03. The maximum absolute atomic E-state index is 8.60. The fraction of sp³-hybridized carbons (Fsp3) is 0.917. The Balaban J connectivity index is 1.69. The third-order valence-electron chi connectivity index (χ3n) is 3.90. The number of hydrogen-bond donors (Lipinski definition) is 0. The van der Waals surface area contributed by atoms with Gasteiger partial charge < -0.3 is 14.2 Å². The lowest BCUT2D eigenvalue weighted by molar-refractivity contribution is -0.184. The normalized spacial score (nSPS) is 46.1. The van der Waals surface area contributed by atoms with E-state index in [0.717, 1.165) is 25.7 Å². The first kappa shape index (κ1) is 10.5. The molecule has 3 fully saturated rings. The molecule has 1 spiro atoms. The molecule has 0 aliphatic carbocycles. The van der Waals surface area contributed by atoms with Crippen LogP contribution in [0.15, 0.2) is 0 Å². The molecule has 0 saturated carbocycles. The summed E-state index contributed by atoms with van der Waals surface area (Å²) in [6, 6.07) is 2.19. The van der Waals surface area contributed by atoms with E-state index in [4.69, 9.17) is 19.5 Å². The van der Waals surface area contributed by atoms with Gasteiger partial charge in [-0.1, -0.05) is 0 Å². The first-order chi connectivity index (χ1) is 7.82. The van der Waals surface area contributed by atoms with Crippen molar-refractivity contribution in [1.29, 1.82) is 5.26 Å². The van der Waals surface area contributed by atoms with Crippen LogP contribution in [-0.2, 0) is 14.2 Å². The van der Waals surface area contributed by atoms with E-state index < -0.39 is 0 Å². The topological polar surface area (TPSA) is 51.5 Å². The summed E-state index contributed by atoms with van der Waals surface area (Å²) in [6.07, 6.45) is 5.13. The third kappa shape index (κ3) is 1.64. The Hall–Kier alpha value is -0.630. The maximum Gasteiger partial charge on any atom is 0.120 e. The van der Waals surface area contributed by atoms with E-state index in [0.29, 0.717) is 19.6 Å². The molecule has 0 aromatic heterocycles. The van der Waals surface area contributed by atoms with Gasteiger partial charge in [0.05, 0.1) is 37.6 Å². The molecule has 3 saturated heterocycles. The van der Waals surface area contributed by atoms with Crippen LogP contribution in [0.25, 0.3) is 0 Å². The molecule has 4 nitrogen and oxygen atoms in total. The molecule has 88 valence electrons. The molecule has 0 aromatic rings. The molecular weight excluding hydrogens is 206 g/mol. The maximum atomic E-state index is 8.60. The quantitative estimate of drug-likeness (QED) is 0.710. The fourth-order valence-corrected chi connectivity index (χ4v) is 3.18. The van der Waals surface area contributed by atoms with E-state index in [-0.39, 0.29) is 23.9 Å². The lowest BCUT2D eigenvalue weighted by atomic mass is 9.85. The van der Waals surface area contributed by atoms with E-state index in [1.807, 2.05) is 0 Å². The molecule has 3 heterocycles. The average Bonchev–Trinajstić information content (AvgIpc) is 2.55. The number of ether oxygens (including phenoxy) is 3. The van der Waals surface area contributed by atoms with Crippen molar-refractivity contribution in [3.05, 3.63) is 0 Å². The van der Waals surface area contributed by atoms with Crippen LogP contribution in [0.5, 0.6) is 0 Å².